The molecule has 2 rings (SSSR count). The normalized spacial score (nSPS) is 22.9. The lowest BCUT2D eigenvalue weighted by molar-refractivity contribution is 0.199. The van der Waals surface area contributed by atoms with E-state index in [0.29, 0.717) is 6.04 Å². The summed E-state index contributed by atoms with van der Waals surface area (Å²) in [5, 5.41) is 3.47. The van der Waals surface area contributed by atoms with Crippen molar-refractivity contribution >= 4 is 0 Å². The molecule has 1 aromatic rings. The third kappa shape index (κ3) is 2.80. The van der Waals surface area contributed by atoms with Crippen molar-refractivity contribution in [2.45, 2.75) is 26.4 Å². The smallest absolute Gasteiger partial charge is 0.0237 e. The Balaban J connectivity index is 1.99. The van der Waals surface area contributed by atoms with Gasteiger partial charge in [0.05, 0.1) is 0 Å². The van der Waals surface area contributed by atoms with Gasteiger partial charge in [0.25, 0.3) is 0 Å². The van der Waals surface area contributed by atoms with Gasteiger partial charge in [-0.15, -0.1) is 0 Å². The van der Waals surface area contributed by atoms with Crippen molar-refractivity contribution in [2.75, 3.05) is 19.6 Å². The molecule has 0 aliphatic carbocycles. The monoisotopic (exact) mass is 204 g/mol. The maximum Gasteiger partial charge on any atom is 0.0237 e. The van der Waals surface area contributed by atoms with E-state index in [4.69, 9.17) is 0 Å². The molecule has 0 amide bonds. The maximum atomic E-state index is 3.47. The standard InChI is InChI=1S/C13H20N2/c1-11-5-3-4-6-13(11)10-15-8-7-14-12(2)9-15/h3-6,12,14H,7-10H2,1-2H3. The summed E-state index contributed by atoms with van der Waals surface area (Å²) in [7, 11) is 0. The van der Waals surface area contributed by atoms with Gasteiger partial charge >= 0.3 is 0 Å². The molecule has 15 heavy (non-hydrogen) atoms. The summed E-state index contributed by atoms with van der Waals surface area (Å²) in [6, 6.07) is 9.30. The Morgan fingerprint density at radius 3 is 2.93 bits per heavy atom. The van der Waals surface area contributed by atoms with Crippen LogP contribution in [-0.4, -0.2) is 30.6 Å². The van der Waals surface area contributed by atoms with Crippen LogP contribution in [-0.2, 0) is 6.54 Å². The molecule has 0 saturated carbocycles. The molecule has 1 fully saturated rings. The number of piperazine rings is 1. The zero-order valence-electron chi connectivity index (χ0n) is 9.66. The molecule has 1 saturated heterocycles. The van der Waals surface area contributed by atoms with Crippen molar-refractivity contribution in [1.29, 1.82) is 0 Å². The highest BCUT2D eigenvalue weighted by molar-refractivity contribution is 5.25. The van der Waals surface area contributed by atoms with E-state index in [-0.39, 0.29) is 0 Å². The first kappa shape index (κ1) is 10.7. The second-order valence-corrected chi connectivity index (χ2v) is 4.52. The zero-order chi connectivity index (χ0) is 10.7. The Labute approximate surface area is 92.3 Å². The van der Waals surface area contributed by atoms with Crippen LogP contribution in [0.1, 0.15) is 18.1 Å². The fourth-order valence-corrected chi connectivity index (χ4v) is 2.18. The lowest BCUT2D eigenvalue weighted by Gasteiger charge is -2.32. The molecule has 1 heterocycles. The number of nitrogens with one attached hydrogen (secondary N) is 1. The first-order chi connectivity index (χ1) is 7.25. The van der Waals surface area contributed by atoms with Crippen LogP contribution in [0.15, 0.2) is 24.3 Å². The topological polar surface area (TPSA) is 15.3 Å². The Bertz CT molecular complexity index is 322. The molecule has 2 nitrogen and oxygen atoms in total. The molecule has 82 valence electrons. The van der Waals surface area contributed by atoms with E-state index in [9.17, 15) is 0 Å². The predicted octanol–water partition coefficient (Wildman–Crippen LogP) is 1.79. The molecular weight excluding hydrogens is 184 g/mol. The molecule has 0 radical (unpaired) electrons. The number of hydrogen-bond acceptors (Lipinski definition) is 2. The summed E-state index contributed by atoms with van der Waals surface area (Å²) >= 11 is 0. The highest BCUT2D eigenvalue weighted by atomic mass is 15.2. The van der Waals surface area contributed by atoms with Crippen LogP contribution in [0, 0.1) is 6.92 Å². The average molecular weight is 204 g/mol. The second-order valence-electron chi connectivity index (χ2n) is 4.52. The van der Waals surface area contributed by atoms with Gasteiger partial charge in [-0.1, -0.05) is 24.3 Å². The quantitative estimate of drug-likeness (QED) is 0.790. The highest BCUT2D eigenvalue weighted by Crippen LogP contribution is 2.11. The lowest BCUT2D eigenvalue weighted by Crippen LogP contribution is -2.48. The molecular formula is C13H20N2. The van der Waals surface area contributed by atoms with Crippen LogP contribution in [0.25, 0.3) is 0 Å². The van der Waals surface area contributed by atoms with E-state index >= 15 is 0 Å². The van der Waals surface area contributed by atoms with Gasteiger partial charge in [-0.25, -0.2) is 0 Å². The van der Waals surface area contributed by atoms with Crippen LogP contribution in [0.3, 0.4) is 0 Å². The lowest BCUT2D eigenvalue weighted by atomic mass is 10.1. The Hall–Kier alpha value is -0.860. The zero-order valence-corrected chi connectivity index (χ0v) is 9.66. The fraction of sp³-hybridized carbons (Fsp3) is 0.538. The van der Waals surface area contributed by atoms with Gasteiger partial charge in [0.2, 0.25) is 0 Å². The van der Waals surface area contributed by atoms with Crippen LogP contribution in [0.5, 0.6) is 0 Å². The van der Waals surface area contributed by atoms with E-state index < -0.39 is 0 Å². The van der Waals surface area contributed by atoms with Gasteiger partial charge in [0, 0.05) is 32.2 Å². The number of aryl methyl sites for hydroxylation is 1. The highest BCUT2D eigenvalue weighted by Gasteiger charge is 2.15. The first-order valence-electron chi connectivity index (χ1n) is 5.76. The van der Waals surface area contributed by atoms with Gasteiger partial charge in [0.1, 0.15) is 0 Å². The van der Waals surface area contributed by atoms with Gasteiger partial charge in [-0.3, -0.25) is 4.90 Å². The van der Waals surface area contributed by atoms with E-state index in [1.807, 2.05) is 0 Å². The minimum atomic E-state index is 0.628. The number of hydrogen-bond donors (Lipinski definition) is 1. The number of nitrogens with zero attached hydrogens (tertiary/aromatic N) is 1. The molecule has 1 atom stereocenters. The number of rotatable bonds is 2. The van der Waals surface area contributed by atoms with Gasteiger partial charge in [0.15, 0.2) is 0 Å². The third-order valence-electron chi connectivity index (χ3n) is 3.11. The molecule has 1 aromatic carbocycles. The summed E-state index contributed by atoms with van der Waals surface area (Å²) in [5.74, 6) is 0. The second kappa shape index (κ2) is 4.77. The summed E-state index contributed by atoms with van der Waals surface area (Å²) in [6.45, 7) is 8.99. The molecule has 0 aromatic heterocycles. The Morgan fingerprint density at radius 2 is 2.20 bits per heavy atom. The van der Waals surface area contributed by atoms with Crippen molar-refractivity contribution in [2.24, 2.45) is 0 Å². The first-order valence-corrected chi connectivity index (χ1v) is 5.76. The van der Waals surface area contributed by atoms with Crippen LogP contribution < -0.4 is 5.32 Å². The van der Waals surface area contributed by atoms with Crippen LogP contribution in [0.4, 0.5) is 0 Å². The third-order valence-corrected chi connectivity index (χ3v) is 3.11. The SMILES string of the molecule is Cc1ccccc1CN1CCNC(C)C1. The van der Waals surface area contributed by atoms with Gasteiger partial charge in [-0.05, 0) is 25.0 Å². The molecule has 0 spiro atoms. The van der Waals surface area contributed by atoms with Gasteiger partial charge in [-0.2, -0.15) is 0 Å². The Kier molecular flexibility index (Phi) is 3.39. The fourth-order valence-electron chi connectivity index (χ4n) is 2.18. The minimum Gasteiger partial charge on any atom is -0.312 e. The summed E-state index contributed by atoms with van der Waals surface area (Å²) < 4.78 is 0. The largest absolute Gasteiger partial charge is 0.312 e. The van der Waals surface area contributed by atoms with Crippen molar-refractivity contribution in [3.63, 3.8) is 0 Å². The van der Waals surface area contributed by atoms with Crippen molar-refractivity contribution in [3.8, 4) is 0 Å². The van der Waals surface area contributed by atoms with E-state index in [1.165, 1.54) is 17.7 Å². The summed E-state index contributed by atoms with van der Waals surface area (Å²) in [6.07, 6.45) is 0. The molecule has 1 aliphatic rings. The molecule has 1 N–H and O–H groups in total. The van der Waals surface area contributed by atoms with E-state index in [1.54, 1.807) is 0 Å². The molecule has 2 heteroatoms. The van der Waals surface area contributed by atoms with E-state index in [0.717, 1.165) is 19.6 Å². The van der Waals surface area contributed by atoms with Crippen molar-refractivity contribution in [1.82, 2.24) is 10.2 Å². The van der Waals surface area contributed by atoms with E-state index in [2.05, 4.69) is 48.3 Å². The molecule has 1 aliphatic heterocycles. The average Bonchev–Trinajstić information content (AvgIpc) is 2.22. The van der Waals surface area contributed by atoms with Crippen molar-refractivity contribution in [3.05, 3.63) is 35.4 Å². The minimum absolute atomic E-state index is 0.628. The summed E-state index contributed by atoms with van der Waals surface area (Å²) in [5.41, 5.74) is 2.87. The van der Waals surface area contributed by atoms with Crippen LogP contribution >= 0.6 is 0 Å². The Morgan fingerprint density at radius 1 is 1.40 bits per heavy atom. The van der Waals surface area contributed by atoms with Gasteiger partial charge < -0.3 is 5.32 Å². The predicted molar refractivity (Wildman–Crippen MR) is 63.9 cm³/mol. The maximum absolute atomic E-state index is 3.47. The molecule has 0 bridgehead atoms. The summed E-state index contributed by atoms with van der Waals surface area (Å²) in [4.78, 5) is 2.53. The van der Waals surface area contributed by atoms with Crippen molar-refractivity contribution < 1.29 is 0 Å². The van der Waals surface area contributed by atoms with Crippen LogP contribution in [0.2, 0.25) is 0 Å². The number of benzene rings is 1. The molecule has 1 unspecified atom stereocenters.